The first-order valence-electron chi connectivity index (χ1n) is 5.76. The summed E-state index contributed by atoms with van der Waals surface area (Å²) in [4.78, 5) is 26.2. The summed E-state index contributed by atoms with van der Waals surface area (Å²) >= 11 is 0. The number of rotatable bonds is 7. The van der Waals surface area contributed by atoms with Crippen LogP contribution in [0.1, 0.15) is 5.56 Å². The summed E-state index contributed by atoms with van der Waals surface area (Å²) in [5, 5.41) is 11.5. The number of hydrogen-bond donors (Lipinski definition) is 2. The second kappa shape index (κ2) is 7.86. The van der Waals surface area contributed by atoms with Gasteiger partial charge >= 0.3 is 12.1 Å². The zero-order valence-electron chi connectivity index (χ0n) is 10.4. The van der Waals surface area contributed by atoms with Crippen LogP contribution in [0.4, 0.5) is 4.79 Å². The average Bonchev–Trinajstić information content (AvgIpc) is 2.41. The van der Waals surface area contributed by atoms with E-state index >= 15 is 0 Å². The Hall–Kier alpha value is -2.37. The summed E-state index contributed by atoms with van der Waals surface area (Å²) in [5.74, 6) is -1.70. The Kier molecular flexibility index (Phi) is 6.08. The van der Waals surface area contributed by atoms with Gasteiger partial charge in [0.05, 0.1) is 5.92 Å². The van der Waals surface area contributed by atoms with Crippen molar-refractivity contribution in [1.29, 1.82) is 0 Å². The SMILES string of the molecule is C=CCOC(=O)NCC(Cc1cccnc1)C(=O)O. The molecule has 1 atom stereocenters. The molecular formula is C13H16N2O4. The number of amides is 1. The van der Waals surface area contributed by atoms with Crippen molar-refractivity contribution >= 4 is 12.1 Å². The predicted octanol–water partition coefficient (Wildman–Crippen LogP) is 1.24. The van der Waals surface area contributed by atoms with Gasteiger partial charge in [-0.05, 0) is 18.1 Å². The molecule has 0 aliphatic rings. The molecule has 1 amide bonds. The van der Waals surface area contributed by atoms with E-state index in [0.29, 0.717) is 6.42 Å². The molecule has 6 nitrogen and oxygen atoms in total. The van der Waals surface area contributed by atoms with Gasteiger partial charge in [0.1, 0.15) is 6.61 Å². The van der Waals surface area contributed by atoms with Gasteiger partial charge in [0.25, 0.3) is 0 Å². The number of alkyl carbamates (subject to hydrolysis) is 1. The maximum atomic E-state index is 11.2. The van der Waals surface area contributed by atoms with Crippen molar-refractivity contribution in [3.8, 4) is 0 Å². The third-order valence-electron chi connectivity index (χ3n) is 2.38. The van der Waals surface area contributed by atoms with Crippen LogP contribution in [0.3, 0.4) is 0 Å². The Labute approximate surface area is 111 Å². The van der Waals surface area contributed by atoms with Crippen LogP contribution in [-0.4, -0.2) is 35.3 Å². The summed E-state index contributed by atoms with van der Waals surface area (Å²) in [6.07, 6.45) is 4.29. The number of carboxylic acid groups (broad SMARTS) is 1. The molecule has 0 aliphatic heterocycles. The quantitative estimate of drug-likeness (QED) is 0.723. The minimum atomic E-state index is -0.979. The third kappa shape index (κ3) is 5.67. The highest BCUT2D eigenvalue weighted by atomic mass is 16.5. The van der Waals surface area contributed by atoms with E-state index in [-0.39, 0.29) is 13.2 Å². The van der Waals surface area contributed by atoms with Gasteiger partial charge in [-0.1, -0.05) is 18.7 Å². The van der Waals surface area contributed by atoms with Crippen molar-refractivity contribution in [2.75, 3.05) is 13.2 Å². The van der Waals surface area contributed by atoms with Gasteiger partial charge in [0.2, 0.25) is 0 Å². The highest BCUT2D eigenvalue weighted by Crippen LogP contribution is 2.07. The van der Waals surface area contributed by atoms with Crippen LogP contribution in [0, 0.1) is 5.92 Å². The molecule has 0 radical (unpaired) electrons. The molecule has 0 aromatic carbocycles. The molecule has 1 aromatic rings. The van der Waals surface area contributed by atoms with Crippen LogP contribution in [0.2, 0.25) is 0 Å². The second-order valence-corrected chi connectivity index (χ2v) is 3.87. The number of hydrogen-bond acceptors (Lipinski definition) is 4. The first kappa shape index (κ1) is 14.7. The molecule has 19 heavy (non-hydrogen) atoms. The highest BCUT2D eigenvalue weighted by molar-refractivity contribution is 5.72. The number of aliphatic carboxylic acids is 1. The zero-order valence-corrected chi connectivity index (χ0v) is 10.4. The molecule has 2 N–H and O–H groups in total. The molecule has 1 rings (SSSR count). The van der Waals surface area contributed by atoms with Gasteiger partial charge in [-0.2, -0.15) is 0 Å². The van der Waals surface area contributed by atoms with E-state index in [1.165, 1.54) is 6.08 Å². The van der Waals surface area contributed by atoms with Crippen LogP contribution in [0.5, 0.6) is 0 Å². The number of carbonyl (C=O) groups is 2. The van der Waals surface area contributed by atoms with Gasteiger partial charge in [-0.3, -0.25) is 9.78 Å². The minimum Gasteiger partial charge on any atom is -0.481 e. The Morgan fingerprint density at radius 1 is 1.58 bits per heavy atom. The van der Waals surface area contributed by atoms with Crippen LogP contribution in [0.25, 0.3) is 0 Å². The Morgan fingerprint density at radius 2 is 2.37 bits per heavy atom. The van der Waals surface area contributed by atoms with Gasteiger partial charge in [0.15, 0.2) is 0 Å². The molecule has 0 saturated carbocycles. The largest absolute Gasteiger partial charge is 0.481 e. The number of ether oxygens (including phenoxy) is 1. The lowest BCUT2D eigenvalue weighted by molar-refractivity contribution is -0.141. The van der Waals surface area contributed by atoms with E-state index in [9.17, 15) is 9.59 Å². The number of carboxylic acids is 1. The number of nitrogens with zero attached hydrogens (tertiary/aromatic N) is 1. The molecule has 0 aliphatic carbocycles. The fourth-order valence-electron chi connectivity index (χ4n) is 1.44. The third-order valence-corrected chi connectivity index (χ3v) is 2.38. The molecule has 1 unspecified atom stereocenters. The molecule has 0 saturated heterocycles. The fourth-order valence-corrected chi connectivity index (χ4v) is 1.44. The fraction of sp³-hybridized carbons (Fsp3) is 0.308. The lowest BCUT2D eigenvalue weighted by Crippen LogP contribution is -2.34. The molecule has 0 spiro atoms. The molecule has 1 heterocycles. The molecular weight excluding hydrogens is 248 g/mol. The lowest BCUT2D eigenvalue weighted by atomic mass is 10.0. The van der Waals surface area contributed by atoms with Crippen molar-refractivity contribution < 1.29 is 19.4 Å². The summed E-state index contributed by atoms with van der Waals surface area (Å²) in [5.41, 5.74) is 0.802. The Morgan fingerprint density at radius 3 is 2.95 bits per heavy atom. The maximum absolute atomic E-state index is 11.2. The monoisotopic (exact) mass is 264 g/mol. The zero-order chi connectivity index (χ0) is 14.1. The van der Waals surface area contributed by atoms with E-state index in [1.807, 2.05) is 0 Å². The van der Waals surface area contributed by atoms with E-state index in [2.05, 4.69) is 16.9 Å². The number of nitrogens with one attached hydrogen (secondary N) is 1. The second-order valence-electron chi connectivity index (χ2n) is 3.87. The van der Waals surface area contributed by atoms with E-state index < -0.39 is 18.0 Å². The van der Waals surface area contributed by atoms with Crippen molar-refractivity contribution in [1.82, 2.24) is 10.3 Å². The minimum absolute atomic E-state index is 0.000202. The standard InChI is InChI=1S/C13H16N2O4/c1-2-6-19-13(18)15-9-11(12(16)17)7-10-4-3-5-14-8-10/h2-5,8,11H,1,6-7,9H2,(H,15,18)(H,16,17). The van der Waals surface area contributed by atoms with Gasteiger partial charge in [-0.25, -0.2) is 4.79 Å². The summed E-state index contributed by atoms with van der Waals surface area (Å²) in [6, 6.07) is 3.53. The van der Waals surface area contributed by atoms with Crippen molar-refractivity contribution in [2.45, 2.75) is 6.42 Å². The smallest absolute Gasteiger partial charge is 0.407 e. The number of pyridine rings is 1. The van der Waals surface area contributed by atoms with Gasteiger partial charge < -0.3 is 15.2 Å². The average molecular weight is 264 g/mol. The molecule has 102 valence electrons. The lowest BCUT2D eigenvalue weighted by Gasteiger charge is -2.13. The maximum Gasteiger partial charge on any atom is 0.407 e. The normalized spacial score (nSPS) is 11.4. The molecule has 0 fully saturated rings. The van der Waals surface area contributed by atoms with E-state index in [0.717, 1.165) is 5.56 Å². The Balaban J connectivity index is 2.47. The highest BCUT2D eigenvalue weighted by Gasteiger charge is 2.19. The first-order valence-corrected chi connectivity index (χ1v) is 5.76. The van der Waals surface area contributed by atoms with Gasteiger partial charge in [0, 0.05) is 18.9 Å². The topological polar surface area (TPSA) is 88.5 Å². The van der Waals surface area contributed by atoms with Crippen LogP contribution < -0.4 is 5.32 Å². The summed E-state index contributed by atoms with van der Waals surface area (Å²) in [6.45, 7) is 3.50. The van der Waals surface area contributed by atoms with Crippen molar-refractivity contribution in [3.05, 3.63) is 42.7 Å². The van der Waals surface area contributed by atoms with Crippen molar-refractivity contribution in [2.24, 2.45) is 5.92 Å². The van der Waals surface area contributed by atoms with E-state index in [1.54, 1.807) is 24.5 Å². The van der Waals surface area contributed by atoms with E-state index in [4.69, 9.17) is 9.84 Å². The number of carbonyl (C=O) groups excluding carboxylic acids is 1. The first-order chi connectivity index (χ1) is 9.13. The predicted molar refractivity (Wildman–Crippen MR) is 68.6 cm³/mol. The molecule has 0 bridgehead atoms. The molecule has 1 aromatic heterocycles. The van der Waals surface area contributed by atoms with Crippen LogP contribution in [-0.2, 0) is 16.0 Å². The van der Waals surface area contributed by atoms with Crippen LogP contribution >= 0.6 is 0 Å². The van der Waals surface area contributed by atoms with Crippen molar-refractivity contribution in [3.63, 3.8) is 0 Å². The Bertz CT molecular complexity index is 434. The van der Waals surface area contributed by atoms with Gasteiger partial charge in [-0.15, -0.1) is 0 Å². The summed E-state index contributed by atoms with van der Waals surface area (Å²) in [7, 11) is 0. The molecule has 6 heteroatoms. The number of aromatic nitrogens is 1. The summed E-state index contributed by atoms with van der Waals surface area (Å²) < 4.78 is 4.70. The van der Waals surface area contributed by atoms with Crippen LogP contribution in [0.15, 0.2) is 37.2 Å².